The molecule has 0 saturated heterocycles. The van der Waals surface area contributed by atoms with Gasteiger partial charge >= 0.3 is 5.69 Å². The minimum absolute atomic E-state index is 0. The summed E-state index contributed by atoms with van der Waals surface area (Å²) >= 11 is 0. The molecule has 0 spiro atoms. The van der Waals surface area contributed by atoms with E-state index in [9.17, 15) is 18.0 Å². The van der Waals surface area contributed by atoms with Crippen molar-refractivity contribution < 1.29 is 8.42 Å². The topological polar surface area (TPSA) is 102 Å². The SMILES string of the molecule is Cl.Cn1cc(S(=O)(=O)NCC2NCCc3ccccc32)c(=O)n(C)c1=O. The normalized spacial score (nSPS) is 16.6. The zero-order chi connectivity index (χ0) is 18.2. The van der Waals surface area contributed by atoms with E-state index in [-0.39, 0.29) is 25.0 Å². The number of nitrogens with one attached hydrogen (secondary N) is 2. The number of rotatable bonds is 4. The molecule has 2 aromatic rings. The van der Waals surface area contributed by atoms with E-state index in [1.807, 2.05) is 24.3 Å². The molecule has 142 valence electrons. The number of nitrogens with zero attached hydrogens (tertiary/aromatic N) is 2. The third-order valence-electron chi connectivity index (χ3n) is 4.40. The van der Waals surface area contributed by atoms with E-state index in [0.717, 1.165) is 33.9 Å². The van der Waals surface area contributed by atoms with Crippen molar-refractivity contribution in [2.45, 2.75) is 17.4 Å². The molecule has 2 N–H and O–H groups in total. The van der Waals surface area contributed by atoms with Crippen LogP contribution in [0.15, 0.2) is 44.9 Å². The van der Waals surface area contributed by atoms with Gasteiger partial charge in [-0.3, -0.25) is 9.36 Å². The van der Waals surface area contributed by atoms with E-state index in [0.29, 0.717) is 0 Å². The summed E-state index contributed by atoms with van der Waals surface area (Å²) < 4.78 is 29.4. The Bertz CT molecular complexity index is 1030. The highest BCUT2D eigenvalue weighted by atomic mass is 35.5. The third kappa shape index (κ3) is 3.75. The van der Waals surface area contributed by atoms with Crippen LogP contribution >= 0.6 is 12.4 Å². The van der Waals surface area contributed by atoms with Gasteiger partial charge in [0.15, 0.2) is 4.90 Å². The van der Waals surface area contributed by atoms with Gasteiger partial charge in [0.2, 0.25) is 10.0 Å². The van der Waals surface area contributed by atoms with Gasteiger partial charge in [0, 0.05) is 32.9 Å². The molecule has 8 nitrogen and oxygen atoms in total. The van der Waals surface area contributed by atoms with Crippen LogP contribution in [-0.4, -0.2) is 30.6 Å². The number of aromatic nitrogens is 2. The maximum absolute atomic E-state index is 12.6. The smallest absolute Gasteiger partial charge is 0.308 e. The number of halogens is 1. The Morgan fingerprint density at radius 1 is 1.23 bits per heavy atom. The molecule has 1 atom stereocenters. The summed E-state index contributed by atoms with van der Waals surface area (Å²) in [6, 6.07) is 7.69. The number of fused-ring (bicyclic) bond motifs is 1. The van der Waals surface area contributed by atoms with Gasteiger partial charge in [0.1, 0.15) is 0 Å². The Balaban J connectivity index is 0.00000243. The van der Waals surface area contributed by atoms with E-state index >= 15 is 0 Å². The van der Waals surface area contributed by atoms with Crippen molar-refractivity contribution in [3.63, 3.8) is 0 Å². The molecule has 0 fully saturated rings. The van der Waals surface area contributed by atoms with Crippen molar-refractivity contribution in [2.24, 2.45) is 14.1 Å². The van der Waals surface area contributed by atoms with Crippen molar-refractivity contribution in [3.05, 3.63) is 62.4 Å². The molecule has 1 aromatic heterocycles. The second-order valence-electron chi connectivity index (χ2n) is 6.06. The number of benzene rings is 1. The third-order valence-corrected chi connectivity index (χ3v) is 5.80. The summed E-state index contributed by atoms with van der Waals surface area (Å²) in [5.74, 6) is 0. The molecule has 0 saturated carbocycles. The lowest BCUT2D eigenvalue weighted by atomic mass is 9.95. The van der Waals surface area contributed by atoms with Crippen LogP contribution in [-0.2, 0) is 30.5 Å². The minimum atomic E-state index is -4.04. The van der Waals surface area contributed by atoms with Crippen LogP contribution < -0.4 is 21.3 Å². The van der Waals surface area contributed by atoms with Crippen molar-refractivity contribution in [1.29, 1.82) is 0 Å². The average molecular weight is 401 g/mol. The van der Waals surface area contributed by atoms with Crippen LogP contribution in [0.5, 0.6) is 0 Å². The zero-order valence-electron chi connectivity index (χ0n) is 14.4. The van der Waals surface area contributed by atoms with Crippen molar-refractivity contribution in [1.82, 2.24) is 19.2 Å². The Hall–Kier alpha value is -1.94. The van der Waals surface area contributed by atoms with Gasteiger partial charge in [-0.25, -0.2) is 17.9 Å². The van der Waals surface area contributed by atoms with Crippen LogP contribution in [0.2, 0.25) is 0 Å². The summed E-state index contributed by atoms with van der Waals surface area (Å²) in [5, 5.41) is 3.28. The van der Waals surface area contributed by atoms with Crippen molar-refractivity contribution in [2.75, 3.05) is 13.1 Å². The predicted octanol–water partition coefficient (Wildman–Crippen LogP) is -0.329. The van der Waals surface area contributed by atoms with Crippen LogP contribution in [0.3, 0.4) is 0 Å². The standard InChI is InChI=1S/C16H20N4O4S.ClH/c1-19-10-14(15(21)20(2)16(19)22)25(23,24)18-9-13-12-6-4-3-5-11(12)7-8-17-13;/h3-6,10,13,17-18H,7-9H2,1-2H3;1H. The fourth-order valence-corrected chi connectivity index (χ4v) is 4.21. The number of aryl methyl sites for hydroxylation is 1. The first-order valence-corrected chi connectivity index (χ1v) is 9.37. The molecule has 1 unspecified atom stereocenters. The summed E-state index contributed by atoms with van der Waals surface area (Å²) in [4.78, 5) is 23.4. The van der Waals surface area contributed by atoms with E-state index in [4.69, 9.17) is 0 Å². The highest BCUT2D eigenvalue weighted by Gasteiger charge is 2.25. The Kier molecular flexibility index (Phi) is 6.07. The molecule has 1 aliphatic rings. The van der Waals surface area contributed by atoms with Crippen molar-refractivity contribution >= 4 is 22.4 Å². The molecule has 26 heavy (non-hydrogen) atoms. The van der Waals surface area contributed by atoms with Gasteiger partial charge in [-0.2, -0.15) is 0 Å². The maximum Gasteiger partial charge on any atom is 0.330 e. The molecule has 10 heteroatoms. The minimum Gasteiger partial charge on any atom is -0.308 e. The van der Waals surface area contributed by atoms with Gasteiger partial charge in [-0.05, 0) is 24.1 Å². The lowest BCUT2D eigenvalue weighted by molar-refractivity contribution is 0.490. The number of hydrogen-bond acceptors (Lipinski definition) is 5. The Morgan fingerprint density at radius 3 is 2.65 bits per heavy atom. The monoisotopic (exact) mass is 400 g/mol. The molecular formula is C16H21ClN4O4S. The number of hydrogen-bond donors (Lipinski definition) is 2. The van der Waals surface area contributed by atoms with E-state index < -0.39 is 26.2 Å². The van der Waals surface area contributed by atoms with Gasteiger partial charge < -0.3 is 9.88 Å². The van der Waals surface area contributed by atoms with Gasteiger partial charge in [0.05, 0.1) is 0 Å². The lowest BCUT2D eigenvalue weighted by Gasteiger charge is -2.27. The predicted molar refractivity (Wildman–Crippen MR) is 100 cm³/mol. The van der Waals surface area contributed by atoms with Gasteiger partial charge in [-0.15, -0.1) is 12.4 Å². The second kappa shape index (κ2) is 7.75. The molecule has 0 bridgehead atoms. The maximum atomic E-state index is 12.6. The molecule has 3 rings (SSSR count). The summed E-state index contributed by atoms with van der Waals surface area (Å²) in [6.07, 6.45) is 1.94. The van der Waals surface area contributed by atoms with Gasteiger partial charge in [0.25, 0.3) is 5.56 Å². The van der Waals surface area contributed by atoms with Crippen LogP contribution in [0.1, 0.15) is 17.2 Å². The van der Waals surface area contributed by atoms with Crippen LogP contribution in [0, 0.1) is 0 Å². The molecule has 0 radical (unpaired) electrons. The summed E-state index contributed by atoms with van der Waals surface area (Å²) in [5.41, 5.74) is 0.813. The molecule has 2 heterocycles. The number of sulfonamides is 1. The summed E-state index contributed by atoms with van der Waals surface area (Å²) in [7, 11) is -1.38. The Labute approximate surface area is 157 Å². The van der Waals surface area contributed by atoms with Crippen LogP contribution in [0.25, 0.3) is 0 Å². The van der Waals surface area contributed by atoms with E-state index in [1.165, 1.54) is 19.7 Å². The first-order chi connectivity index (χ1) is 11.8. The largest absolute Gasteiger partial charge is 0.330 e. The lowest BCUT2D eigenvalue weighted by Crippen LogP contribution is -2.43. The Morgan fingerprint density at radius 2 is 1.92 bits per heavy atom. The molecule has 1 aromatic carbocycles. The molecule has 1 aliphatic heterocycles. The average Bonchev–Trinajstić information content (AvgIpc) is 2.61. The highest BCUT2D eigenvalue weighted by molar-refractivity contribution is 7.89. The summed E-state index contributed by atoms with van der Waals surface area (Å²) in [6.45, 7) is 0.871. The fraction of sp³-hybridized carbons (Fsp3) is 0.375. The first kappa shape index (κ1) is 20.4. The van der Waals surface area contributed by atoms with Gasteiger partial charge in [-0.1, -0.05) is 24.3 Å². The second-order valence-corrected chi connectivity index (χ2v) is 7.79. The quantitative estimate of drug-likeness (QED) is 0.731. The molecular weight excluding hydrogens is 380 g/mol. The van der Waals surface area contributed by atoms with E-state index in [1.54, 1.807) is 0 Å². The molecule has 0 amide bonds. The van der Waals surface area contributed by atoms with E-state index in [2.05, 4.69) is 10.0 Å². The highest BCUT2D eigenvalue weighted by Crippen LogP contribution is 2.22. The fourth-order valence-electron chi connectivity index (χ4n) is 3.01. The zero-order valence-corrected chi connectivity index (χ0v) is 16.1. The van der Waals surface area contributed by atoms with Crippen LogP contribution in [0.4, 0.5) is 0 Å². The molecule has 0 aliphatic carbocycles. The van der Waals surface area contributed by atoms with Crippen molar-refractivity contribution in [3.8, 4) is 0 Å². The first-order valence-electron chi connectivity index (χ1n) is 7.89.